The van der Waals surface area contributed by atoms with Crippen LogP contribution in [0.2, 0.25) is 0 Å². The fourth-order valence-electron chi connectivity index (χ4n) is 1.40. The second kappa shape index (κ2) is 7.12. The number of aliphatic hydroxyl groups excluding tert-OH is 1. The molecule has 0 bridgehead atoms. The molecule has 0 saturated carbocycles. The van der Waals surface area contributed by atoms with E-state index in [0.717, 1.165) is 30.8 Å². The highest BCUT2D eigenvalue weighted by molar-refractivity contribution is 5.32. The molecule has 16 heavy (non-hydrogen) atoms. The van der Waals surface area contributed by atoms with Gasteiger partial charge in [-0.3, -0.25) is 0 Å². The van der Waals surface area contributed by atoms with E-state index >= 15 is 0 Å². The highest BCUT2D eigenvalue weighted by Gasteiger charge is 2.01. The van der Waals surface area contributed by atoms with E-state index in [-0.39, 0.29) is 6.10 Å². The molecule has 0 aliphatic rings. The first-order valence-electron chi connectivity index (χ1n) is 5.71. The lowest BCUT2D eigenvalue weighted by Gasteiger charge is -2.09. The molecular formula is C13H20O3. The van der Waals surface area contributed by atoms with Crippen LogP contribution in [-0.4, -0.2) is 24.9 Å². The Bertz CT molecular complexity index is 299. The lowest BCUT2D eigenvalue weighted by molar-refractivity contribution is 0.148. The number of hydrogen-bond donors (Lipinski definition) is 1. The van der Waals surface area contributed by atoms with Crippen LogP contribution in [0.5, 0.6) is 11.5 Å². The number of benzene rings is 1. The molecule has 0 spiro atoms. The van der Waals surface area contributed by atoms with Gasteiger partial charge in [0.2, 0.25) is 0 Å². The van der Waals surface area contributed by atoms with Gasteiger partial charge in [0.25, 0.3) is 0 Å². The minimum Gasteiger partial charge on any atom is -0.497 e. The molecule has 0 radical (unpaired) electrons. The van der Waals surface area contributed by atoms with E-state index in [1.807, 2.05) is 31.2 Å². The van der Waals surface area contributed by atoms with Gasteiger partial charge in [-0.2, -0.15) is 0 Å². The summed E-state index contributed by atoms with van der Waals surface area (Å²) in [4.78, 5) is 0. The molecule has 0 aliphatic heterocycles. The number of rotatable bonds is 7. The third-order valence-electron chi connectivity index (χ3n) is 2.46. The molecular weight excluding hydrogens is 204 g/mol. The first kappa shape index (κ1) is 12.8. The van der Waals surface area contributed by atoms with Crippen molar-refractivity contribution in [2.45, 2.75) is 32.3 Å². The SMILES string of the molecule is CCC(O)CCCOc1cccc(OC)c1. The van der Waals surface area contributed by atoms with Crippen molar-refractivity contribution < 1.29 is 14.6 Å². The maximum atomic E-state index is 9.36. The summed E-state index contributed by atoms with van der Waals surface area (Å²) < 4.78 is 10.6. The van der Waals surface area contributed by atoms with Gasteiger partial charge >= 0.3 is 0 Å². The van der Waals surface area contributed by atoms with E-state index < -0.39 is 0 Å². The van der Waals surface area contributed by atoms with Crippen LogP contribution >= 0.6 is 0 Å². The normalized spacial score (nSPS) is 12.2. The molecule has 0 aromatic heterocycles. The maximum absolute atomic E-state index is 9.36. The lowest BCUT2D eigenvalue weighted by atomic mass is 10.1. The number of hydrogen-bond acceptors (Lipinski definition) is 3. The van der Waals surface area contributed by atoms with E-state index in [1.54, 1.807) is 7.11 Å². The molecule has 3 heteroatoms. The van der Waals surface area contributed by atoms with E-state index in [2.05, 4.69) is 0 Å². The summed E-state index contributed by atoms with van der Waals surface area (Å²) in [6.45, 7) is 2.61. The van der Waals surface area contributed by atoms with Gasteiger partial charge in [-0.1, -0.05) is 13.0 Å². The molecule has 1 rings (SSSR count). The lowest BCUT2D eigenvalue weighted by Crippen LogP contribution is -2.07. The Hall–Kier alpha value is -1.22. The molecule has 0 saturated heterocycles. The Morgan fingerprint density at radius 1 is 1.31 bits per heavy atom. The first-order valence-corrected chi connectivity index (χ1v) is 5.71. The zero-order valence-corrected chi connectivity index (χ0v) is 9.98. The highest BCUT2D eigenvalue weighted by Crippen LogP contribution is 2.19. The van der Waals surface area contributed by atoms with Crippen LogP contribution in [0.3, 0.4) is 0 Å². The van der Waals surface area contributed by atoms with Gasteiger partial charge in [-0.25, -0.2) is 0 Å². The second-order valence-corrected chi connectivity index (χ2v) is 3.73. The van der Waals surface area contributed by atoms with E-state index in [9.17, 15) is 5.11 Å². The zero-order chi connectivity index (χ0) is 11.8. The molecule has 1 aromatic carbocycles. The fraction of sp³-hybridized carbons (Fsp3) is 0.538. The predicted octanol–water partition coefficient (Wildman–Crippen LogP) is 2.63. The van der Waals surface area contributed by atoms with Crippen LogP contribution < -0.4 is 9.47 Å². The number of aliphatic hydroxyl groups is 1. The van der Waals surface area contributed by atoms with Gasteiger partial charge in [-0.05, 0) is 31.4 Å². The Morgan fingerprint density at radius 3 is 2.75 bits per heavy atom. The summed E-state index contributed by atoms with van der Waals surface area (Å²) in [5.74, 6) is 1.61. The van der Waals surface area contributed by atoms with Crippen LogP contribution in [-0.2, 0) is 0 Å². The number of ether oxygens (including phenoxy) is 2. The van der Waals surface area contributed by atoms with Crippen molar-refractivity contribution in [1.82, 2.24) is 0 Å². The first-order chi connectivity index (χ1) is 7.76. The summed E-state index contributed by atoms with van der Waals surface area (Å²) in [5, 5.41) is 9.36. The summed E-state index contributed by atoms with van der Waals surface area (Å²) >= 11 is 0. The Labute approximate surface area is 97.0 Å². The van der Waals surface area contributed by atoms with Crippen LogP contribution in [0, 0.1) is 0 Å². The summed E-state index contributed by atoms with van der Waals surface area (Å²) in [6, 6.07) is 7.54. The van der Waals surface area contributed by atoms with Crippen LogP contribution in [0.4, 0.5) is 0 Å². The van der Waals surface area contributed by atoms with E-state index in [1.165, 1.54) is 0 Å². The summed E-state index contributed by atoms with van der Waals surface area (Å²) in [7, 11) is 1.64. The van der Waals surface area contributed by atoms with Crippen molar-refractivity contribution >= 4 is 0 Å². The molecule has 1 aromatic rings. The smallest absolute Gasteiger partial charge is 0.122 e. The molecule has 0 heterocycles. The van der Waals surface area contributed by atoms with Gasteiger partial charge in [0.15, 0.2) is 0 Å². The standard InChI is InChI=1S/C13H20O3/c1-3-11(14)6-5-9-16-13-8-4-7-12(10-13)15-2/h4,7-8,10-11,14H,3,5-6,9H2,1-2H3. The highest BCUT2D eigenvalue weighted by atomic mass is 16.5. The van der Waals surface area contributed by atoms with E-state index in [0.29, 0.717) is 6.61 Å². The molecule has 0 amide bonds. The quantitative estimate of drug-likeness (QED) is 0.724. The third kappa shape index (κ3) is 4.53. The van der Waals surface area contributed by atoms with Crippen molar-refractivity contribution in [1.29, 1.82) is 0 Å². The Kier molecular flexibility index (Phi) is 5.72. The largest absolute Gasteiger partial charge is 0.497 e. The van der Waals surface area contributed by atoms with Crippen LogP contribution in [0.1, 0.15) is 26.2 Å². The number of methoxy groups -OCH3 is 1. The predicted molar refractivity (Wildman–Crippen MR) is 64.0 cm³/mol. The molecule has 1 atom stereocenters. The monoisotopic (exact) mass is 224 g/mol. The van der Waals surface area contributed by atoms with Crippen molar-refractivity contribution in [3.05, 3.63) is 24.3 Å². The molecule has 1 N–H and O–H groups in total. The van der Waals surface area contributed by atoms with Crippen LogP contribution in [0.15, 0.2) is 24.3 Å². The summed E-state index contributed by atoms with van der Waals surface area (Å²) in [5.41, 5.74) is 0. The molecule has 0 fully saturated rings. The Morgan fingerprint density at radius 2 is 2.06 bits per heavy atom. The maximum Gasteiger partial charge on any atom is 0.122 e. The Balaban J connectivity index is 2.26. The van der Waals surface area contributed by atoms with E-state index in [4.69, 9.17) is 9.47 Å². The van der Waals surface area contributed by atoms with Gasteiger partial charge in [0.05, 0.1) is 19.8 Å². The summed E-state index contributed by atoms with van der Waals surface area (Å²) in [6.07, 6.45) is 2.26. The molecule has 3 nitrogen and oxygen atoms in total. The van der Waals surface area contributed by atoms with Crippen molar-refractivity contribution in [2.24, 2.45) is 0 Å². The molecule has 1 unspecified atom stereocenters. The van der Waals surface area contributed by atoms with Gasteiger partial charge < -0.3 is 14.6 Å². The minimum atomic E-state index is -0.200. The van der Waals surface area contributed by atoms with Gasteiger partial charge in [0, 0.05) is 6.07 Å². The second-order valence-electron chi connectivity index (χ2n) is 3.73. The van der Waals surface area contributed by atoms with Crippen molar-refractivity contribution in [2.75, 3.05) is 13.7 Å². The van der Waals surface area contributed by atoms with Gasteiger partial charge in [0.1, 0.15) is 11.5 Å². The van der Waals surface area contributed by atoms with Crippen molar-refractivity contribution in [3.8, 4) is 11.5 Å². The van der Waals surface area contributed by atoms with Crippen LogP contribution in [0.25, 0.3) is 0 Å². The fourth-order valence-corrected chi connectivity index (χ4v) is 1.40. The average Bonchev–Trinajstić information content (AvgIpc) is 2.34. The van der Waals surface area contributed by atoms with Gasteiger partial charge in [-0.15, -0.1) is 0 Å². The minimum absolute atomic E-state index is 0.200. The third-order valence-corrected chi connectivity index (χ3v) is 2.46. The topological polar surface area (TPSA) is 38.7 Å². The molecule has 90 valence electrons. The molecule has 0 aliphatic carbocycles. The zero-order valence-electron chi connectivity index (χ0n) is 9.98. The van der Waals surface area contributed by atoms with Crippen molar-refractivity contribution in [3.63, 3.8) is 0 Å². The average molecular weight is 224 g/mol.